The van der Waals surface area contributed by atoms with Crippen molar-refractivity contribution >= 4 is 9.84 Å². The molecule has 0 amide bonds. The number of sulfone groups is 1. The van der Waals surface area contributed by atoms with Crippen molar-refractivity contribution < 1.29 is 17.2 Å². The van der Waals surface area contributed by atoms with Gasteiger partial charge in [-0.3, -0.25) is 0 Å². The molecule has 2 atom stereocenters. The molecule has 0 bridgehead atoms. The Labute approximate surface area is 105 Å². The number of rotatable bonds is 3. The molecule has 1 fully saturated rings. The molecule has 100 valence electrons. The maximum atomic E-state index is 13.0. The summed E-state index contributed by atoms with van der Waals surface area (Å²) in [6.07, 6.45) is 1.07. The highest BCUT2D eigenvalue weighted by molar-refractivity contribution is 7.91. The van der Waals surface area contributed by atoms with Gasteiger partial charge in [0.15, 0.2) is 21.5 Å². The third-order valence-electron chi connectivity index (χ3n) is 3.29. The van der Waals surface area contributed by atoms with Gasteiger partial charge in [0.25, 0.3) is 0 Å². The van der Waals surface area contributed by atoms with Gasteiger partial charge in [-0.05, 0) is 36.5 Å². The standard InChI is InChI=1S/C12H15F2NO2S/c13-10-2-1-9(6-11(10)14)12(15)5-8-3-4-18(16,17)7-8/h1-2,6,8,12H,3-5,7,15H2. The number of benzene rings is 1. The van der Waals surface area contributed by atoms with E-state index in [0.717, 1.165) is 12.1 Å². The van der Waals surface area contributed by atoms with Crippen molar-refractivity contribution in [3.05, 3.63) is 35.4 Å². The van der Waals surface area contributed by atoms with Crippen molar-refractivity contribution in [2.75, 3.05) is 11.5 Å². The quantitative estimate of drug-likeness (QED) is 0.915. The molecule has 0 radical (unpaired) electrons. The maximum Gasteiger partial charge on any atom is 0.159 e. The van der Waals surface area contributed by atoms with Crippen molar-refractivity contribution in [1.82, 2.24) is 0 Å². The molecule has 2 unspecified atom stereocenters. The minimum atomic E-state index is -2.93. The second kappa shape index (κ2) is 4.93. The van der Waals surface area contributed by atoms with Gasteiger partial charge in [-0.25, -0.2) is 17.2 Å². The molecular weight excluding hydrogens is 260 g/mol. The van der Waals surface area contributed by atoms with Crippen LogP contribution in [0.1, 0.15) is 24.4 Å². The summed E-state index contributed by atoms with van der Waals surface area (Å²) >= 11 is 0. The van der Waals surface area contributed by atoms with Gasteiger partial charge in [0.05, 0.1) is 11.5 Å². The van der Waals surface area contributed by atoms with Crippen LogP contribution < -0.4 is 5.73 Å². The summed E-state index contributed by atoms with van der Waals surface area (Å²) in [6.45, 7) is 0. The molecule has 1 saturated heterocycles. The van der Waals surface area contributed by atoms with E-state index in [9.17, 15) is 17.2 Å². The Bertz CT molecular complexity index is 545. The normalized spacial score (nSPS) is 24.1. The molecule has 0 saturated carbocycles. The summed E-state index contributed by atoms with van der Waals surface area (Å²) in [5.74, 6) is -1.48. The topological polar surface area (TPSA) is 60.2 Å². The minimum Gasteiger partial charge on any atom is -0.324 e. The van der Waals surface area contributed by atoms with E-state index in [0.29, 0.717) is 18.4 Å². The zero-order chi connectivity index (χ0) is 13.3. The fourth-order valence-corrected chi connectivity index (χ4v) is 4.18. The summed E-state index contributed by atoms with van der Waals surface area (Å²) in [4.78, 5) is 0. The Morgan fingerprint density at radius 2 is 2.06 bits per heavy atom. The van der Waals surface area contributed by atoms with Gasteiger partial charge in [0.2, 0.25) is 0 Å². The van der Waals surface area contributed by atoms with E-state index in [-0.39, 0.29) is 17.4 Å². The Kier molecular flexibility index (Phi) is 3.68. The third kappa shape index (κ3) is 3.05. The van der Waals surface area contributed by atoms with Gasteiger partial charge >= 0.3 is 0 Å². The predicted molar refractivity (Wildman–Crippen MR) is 64.7 cm³/mol. The number of nitrogens with two attached hydrogens (primary N) is 1. The molecule has 18 heavy (non-hydrogen) atoms. The summed E-state index contributed by atoms with van der Waals surface area (Å²) in [7, 11) is -2.93. The molecule has 1 aromatic carbocycles. The zero-order valence-electron chi connectivity index (χ0n) is 9.77. The highest BCUT2D eigenvalue weighted by atomic mass is 32.2. The molecule has 2 rings (SSSR count). The smallest absolute Gasteiger partial charge is 0.159 e. The van der Waals surface area contributed by atoms with Crippen LogP contribution in [-0.4, -0.2) is 19.9 Å². The molecule has 1 aromatic rings. The predicted octanol–water partition coefficient (Wildman–Crippen LogP) is 1.79. The van der Waals surface area contributed by atoms with Gasteiger partial charge < -0.3 is 5.73 Å². The highest BCUT2D eigenvalue weighted by Crippen LogP contribution is 2.28. The van der Waals surface area contributed by atoms with Gasteiger partial charge in [0.1, 0.15) is 0 Å². The minimum absolute atomic E-state index is 0.0121. The van der Waals surface area contributed by atoms with Gasteiger partial charge in [-0.2, -0.15) is 0 Å². The van der Waals surface area contributed by atoms with E-state index in [1.54, 1.807) is 0 Å². The van der Waals surface area contributed by atoms with Gasteiger partial charge in [-0.1, -0.05) is 6.07 Å². The molecular formula is C12H15F2NO2S. The zero-order valence-corrected chi connectivity index (χ0v) is 10.6. The first-order chi connectivity index (χ1) is 8.37. The average Bonchev–Trinajstić information content (AvgIpc) is 2.62. The van der Waals surface area contributed by atoms with Crippen LogP contribution in [0.3, 0.4) is 0 Å². The first-order valence-corrected chi connectivity index (χ1v) is 7.60. The van der Waals surface area contributed by atoms with Crippen LogP contribution in [0.25, 0.3) is 0 Å². The first kappa shape index (κ1) is 13.4. The number of halogens is 2. The fraction of sp³-hybridized carbons (Fsp3) is 0.500. The second-order valence-corrected chi connectivity index (χ2v) is 7.01. The molecule has 6 heteroatoms. The van der Waals surface area contributed by atoms with Crippen molar-refractivity contribution in [3.8, 4) is 0 Å². The third-order valence-corrected chi connectivity index (χ3v) is 5.12. The molecule has 3 nitrogen and oxygen atoms in total. The van der Waals surface area contributed by atoms with Crippen LogP contribution >= 0.6 is 0 Å². The molecule has 1 heterocycles. The monoisotopic (exact) mass is 275 g/mol. The fourth-order valence-electron chi connectivity index (χ4n) is 2.30. The lowest BCUT2D eigenvalue weighted by Gasteiger charge is -2.16. The van der Waals surface area contributed by atoms with E-state index in [2.05, 4.69) is 0 Å². The lowest BCUT2D eigenvalue weighted by Crippen LogP contribution is -2.16. The lowest BCUT2D eigenvalue weighted by molar-refractivity contribution is 0.473. The van der Waals surface area contributed by atoms with Crippen LogP contribution in [0.2, 0.25) is 0 Å². The summed E-state index contributed by atoms with van der Waals surface area (Å²) in [6, 6.07) is 3.09. The van der Waals surface area contributed by atoms with Gasteiger partial charge in [-0.15, -0.1) is 0 Å². The van der Waals surface area contributed by atoms with Crippen LogP contribution in [-0.2, 0) is 9.84 Å². The number of hydrogen-bond donors (Lipinski definition) is 1. The SMILES string of the molecule is NC(CC1CCS(=O)(=O)C1)c1ccc(F)c(F)c1. The lowest BCUT2D eigenvalue weighted by atomic mass is 9.95. The van der Waals surface area contributed by atoms with Crippen molar-refractivity contribution in [1.29, 1.82) is 0 Å². The molecule has 1 aliphatic rings. The van der Waals surface area contributed by atoms with E-state index in [1.807, 2.05) is 0 Å². The Hall–Kier alpha value is -1.01. The highest BCUT2D eigenvalue weighted by Gasteiger charge is 2.29. The van der Waals surface area contributed by atoms with Crippen LogP contribution in [0.5, 0.6) is 0 Å². The molecule has 0 aliphatic carbocycles. The summed E-state index contributed by atoms with van der Waals surface area (Å²) in [5, 5.41) is 0. The second-order valence-electron chi connectivity index (χ2n) is 4.78. The maximum absolute atomic E-state index is 13.0. The van der Waals surface area contributed by atoms with Crippen molar-refractivity contribution in [2.24, 2.45) is 11.7 Å². The van der Waals surface area contributed by atoms with E-state index in [1.165, 1.54) is 6.07 Å². The largest absolute Gasteiger partial charge is 0.324 e. The van der Waals surface area contributed by atoms with Crippen LogP contribution in [0, 0.1) is 17.6 Å². The molecule has 2 N–H and O–H groups in total. The van der Waals surface area contributed by atoms with Crippen molar-refractivity contribution in [2.45, 2.75) is 18.9 Å². The average molecular weight is 275 g/mol. The van der Waals surface area contributed by atoms with Crippen LogP contribution in [0.15, 0.2) is 18.2 Å². The van der Waals surface area contributed by atoms with E-state index < -0.39 is 27.5 Å². The molecule has 1 aliphatic heterocycles. The van der Waals surface area contributed by atoms with Gasteiger partial charge in [0, 0.05) is 6.04 Å². The summed E-state index contributed by atoms with van der Waals surface area (Å²) < 4.78 is 48.4. The van der Waals surface area contributed by atoms with E-state index >= 15 is 0 Å². The van der Waals surface area contributed by atoms with Crippen molar-refractivity contribution in [3.63, 3.8) is 0 Å². The first-order valence-electron chi connectivity index (χ1n) is 5.78. The van der Waals surface area contributed by atoms with E-state index in [4.69, 9.17) is 5.73 Å². The Balaban J connectivity index is 2.04. The van der Waals surface area contributed by atoms with Crippen LogP contribution in [0.4, 0.5) is 8.78 Å². The molecule has 0 aromatic heterocycles. The molecule has 0 spiro atoms. The summed E-state index contributed by atoms with van der Waals surface area (Å²) in [5.41, 5.74) is 6.40. The Morgan fingerprint density at radius 3 is 2.61 bits per heavy atom. The number of hydrogen-bond acceptors (Lipinski definition) is 3. The Morgan fingerprint density at radius 1 is 1.33 bits per heavy atom.